The Morgan fingerprint density at radius 3 is 2.74 bits per heavy atom. The number of imidazole rings is 1. The number of carbonyl (C=O) groups excluding carboxylic acids is 2. The molecule has 0 saturated heterocycles. The number of aromatic nitrogens is 3. The van der Waals surface area contributed by atoms with Crippen molar-refractivity contribution in [2.75, 3.05) is 18.9 Å². The maximum Gasteiger partial charge on any atom is 0.256 e. The second-order valence-corrected chi connectivity index (χ2v) is 8.43. The van der Waals surface area contributed by atoms with E-state index in [9.17, 15) is 9.59 Å². The molecule has 0 atom stereocenters. The van der Waals surface area contributed by atoms with Crippen LogP contribution in [0, 0.1) is 20.8 Å². The molecule has 162 valence electrons. The van der Waals surface area contributed by atoms with Crippen LogP contribution in [0.4, 0.5) is 5.69 Å². The van der Waals surface area contributed by atoms with Crippen LogP contribution >= 0.6 is 0 Å². The average Bonchev–Trinajstić information content (AvgIpc) is 2.91. The molecule has 0 fully saturated rings. The van der Waals surface area contributed by atoms with E-state index in [-0.39, 0.29) is 18.4 Å². The first-order valence-corrected chi connectivity index (χ1v) is 10.8. The van der Waals surface area contributed by atoms with Gasteiger partial charge in [0.05, 0.1) is 12.1 Å². The van der Waals surface area contributed by atoms with Crippen LogP contribution in [0.5, 0.6) is 0 Å². The zero-order valence-corrected chi connectivity index (χ0v) is 18.7. The van der Waals surface area contributed by atoms with Gasteiger partial charge in [0, 0.05) is 31.4 Å². The minimum Gasteiger partial charge on any atom is -0.332 e. The summed E-state index contributed by atoms with van der Waals surface area (Å²) in [7, 11) is 1.65. The van der Waals surface area contributed by atoms with E-state index in [0.29, 0.717) is 11.1 Å². The SMILES string of the molecule is Cc1cc(C(=O)N(C)CC(=O)Nc2cccc(C)c2C)c2nc3n(c2n1)CCCCC3. The van der Waals surface area contributed by atoms with Gasteiger partial charge >= 0.3 is 0 Å². The first kappa shape index (κ1) is 21.0. The van der Waals surface area contributed by atoms with E-state index >= 15 is 0 Å². The molecule has 1 aliphatic heterocycles. The molecule has 0 saturated carbocycles. The number of nitrogens with one attached hydrogen (secondary N) is 1. The van der Waals surface area contributed by atoms with Crippen molar-refractivity contribution in [1.82, 2.24) is 19.4 Å². The Bertz CT molecular complexity index is 1160. The molecule has 2 amide bonds. The zero-order chi connectivity index (χ0) is 22.1. The highest BCUT2D eigenvalue weighted by molar-refractivity contribution is 6.06. The summed E-state index contributed by atoms with van der Waals surface area (Å²) in [4.78, 5) is 36.8. The monoisotopic (exact) mass is 419 g/mol. The van der Waals surface area contributed by atoms with Crippen molar-refractivity contribution in [3.63, 3.8) is 0 Å². The lowest BCUT2D eigenvalue weighted by atomic mass is 10.1. The Labute approximate surface area is 182 Å². The largest absolute Gasteiger partial charge is 0.332 e. The van der Waals surface area contributed by atoms with Gasteiger partial charge in [-0.05, 0) is 56.9 Å². The number of hydrogen-bond donors (Lipinski definition) is 1. The smallest absolute Gasteiger partial charge is 0.256 e. The number of aryl methyl sites for hydroxylation is 4. The van der Waals surface area contributed by atoms with Crippen molar-refractivity contribution >= 4 is 28.7 Å². The molecule has 0 spiro atoms. The lowest BCUT2D eigenvalue weighted by Crippen LogP contribution is -2.35. The standard InChI is InChI=1S/C24H29N5O2/c1-15-9-8-10-19(17(15)3)26-21(30)14-28(4)24(31)18-13-16(2)25-23-22(18)27-20-11-6-5-7-12-29(20)23/h8-10,13H,5-7,11-12,14H2,1-4H3,(H,26,30). The second-order valence-electron chi connectivity index (χ2n) is 8.43. The number of benzene rings is 1. The van der Waals surface area contributed by atoms with Crippen molar-refractivity contribution in [3.8, 4) is 0 Å². The number of fused-ring (bicyclic) bond motifs is 3. The molecular weight excluding hydrogens is 390 g/mol. The van der Waals surface area contributed by atoms with Crippen LogP contribution in [0.3, 0.4) is 0 Å². The maximum absolute atomic E-state index is 13.3. The number of carbonyl (C=O) groups is 2. The van der Waals surface area contributed by atoms with Crippen LogP contribution in [0.15, 0.2) is 24.3 Å². The number of likely N-dealkylation sites (N-methyl/N-ethyl adjacent to an activating group) is 1. The van der Waals surface area contributed by atoms with E-state index in [4.69, 9.17) is 4.98 Å². The van der Waals surface area contributed by atoms with E-state index in [1.54, 1.807) is 13.1 Å². The summed E-state index contributed by atoms with van der Waals surface area (Å²) in [6.45, 7) is 6.70. The summed E-state index contributed by atoms with van der Waals surface area (Å²) in [6, 6.07) is 7.56. The van der Waals surface area contributed by atoms with Crippen LogP contribution in [0.2, 0.25) is 0 Å². The highest BCUT2D eigenvalue weighted by Crippen LogP contribution is 2.25. The minimum atomic E-state index is -0.229. The third kappa shape index (κ3) is 4.17. The van der Waals surface area contributed by atoms with Gasteiger partial charge in [-0.15, -0.1) is 0 Å². The molecule has 0 unspecified atom stereocenters. The molecule has 1 N–H and O–H groups in total. The first-order valence-electron chi connectivity index (χ1n) is 10.8. The number of hydrogen-bond acceptors (Lipinski definition) is 4. The fourth-order valence-electron chi connectivity index (χ4n) is 4.15. The van der Waals surface area contributed by atoms with Crippen LogP contribution in [0.1, 0.15) is 52.3 Å². The number of nitrogens with zero attached hydrogens (tertiary/aromatic N) is 4. The van der Waals surface area contributed by atoms with Crippen LogP contribution in [-0.2, 0) is 17.8 Å². The molecule has 3 heterocycles. The summed E-state index contributed by atoms with van der Waals surface area (Å²) < 4.78 is 2.15. The predicted molar refractivity (Wildman–Crippen MR) is 121 cm³/mol. The van der Waals surface area contributed by atoms with Crippen molar-refractivity contribution in [1.29, 1.82) is 0 Å². The number of amides is 2. The Balaban J connectivity index is 1.57. The fraction of sp³-hybridized carbons (Fsp3) is 0.417. The van der Waals surface area contributed by atoms with Gasteiger partial charge < -0.3 is 14.8 Å². The van der Waals surface area contributed by atoms with Gasteiger partial charge in [0.1, 0.15) is 11.3 Å². The van der Waals surface area contributed by atoms with Crippen LogP contribution < -0.4 is 5.32 Å². The number of pyridine rings is 1. The van der Waals surface area contributed by atoms with Gasteiger partial charge in [-0.25, -0.2) is 9.97 Å². The predicted octanol–water partition coefficient (Wildman–Crippen LogP) is 3.79. The fourth-order valence-corrected chi connectivity index (χ4v) is 4.15. The quantitative estimate of drug-likeness (QED) is 0.698. The molecule has 0 radical (unpaired) electrons. The molecule has 2 aromatic heterocycles. The van der Waals surface area contributed by atoms with Crippen molar-refractivity contribution in [3.05, 3.63) is 52.5 Å². The lowest BCUT2D eigenvalue weighted by Gasteiger charge is -2.18. The number of anilines is 1. The normalized spacial score (nSPS) is 13.5. The zero-order valence-electron chi connectivity index (χ0n) is 18.7. The Morgan fingerprint density at radius 1 is 1.13 bits per heavy atom. The van der Waals surface area contributed by atoms with Gasteiger partial charge in [0.15, 0.2) is 5.65 Å². The molecule has 7 heteroatoms. The summed E-state index contributed by atoms with van der Waals surface area (Å²) in [6.07, 6.45) is 4.28. The molecule has 1 aliphatic rings. The summed E-state index contributed by atoms with van der Waals surface area (Å²) in [5, 5.41) is 2.92. The summed E-state index contributed by atoms with van der Waals surface area (Å²) in [5.41, 5.74) is 5.59. The third-order valence-electron chi connectivity index (χ3n) is 6.03. The minimum absolute atomic E-state index is 0.0390. The van der Waals surface area contributed by atoms with Crippen LogP contribution in [0.25, 0.3) is 11.2 Å². The average molecular weight is 420 g/mol. The van der Waals surface area contributed by atoms with Crippen LogP contribution in [-0.4, -0.2) is 44.8 Å². The Hall–Kier alpha value is -3.22. The van der Waals surface area contributed by atoms with E-state index < -0.39 is 0 Å². The highest BCUT2D eigenvalue weighted by atomic mass is 16.2. The molecule has 31 heavy (non-hydrogen) atoms. The topological polar surface area (TPSA) is 80.1 Å². The second kappa shape index (κ2) is 8.49. The Kier molecular flexibility index (Phi) is 5.76. The van der Waals surface area contributed by atoms with Gasteiger partial charge in [0.25, 0.3) is 5.91 Å². The van der Waals surface area contributed by atoms with Gasteiger partial charge in [-0.3, -0.25) is 9.59 Å². The Morgan fingerprint density at radius 2 is 1.94 bits per heavy atom. The number of rotatable bonds is 4. The maximum atomic E-state index is 13.3. The molecule has 1 aromatic carbocycles. The molecule has 3 aromatic rings. The molecule has 7 nitrogen and oxygen atoms in total. The van der Waals surface area contributed by atoms with E-state index in [2.05, 4.69) is 14.9 Å². The molecule has 0 aliphatic carbocycles. The van der Waals surface area contributed by atoms with Crippen molar-refractivity contribution < 1.29 is 9.59 Å². The lowest BCUT2D eigenvalue weighted by molar-refractivity contribution is -0.116. The van der Waals surface area contributed by atoms with Crippen molar-refractivity contribution in [2.45, 2.75) is 53.0 Å². The van der Waals surface area contributed by atoms with Gasteiger partial charge in [0.2, 0.25) is 5.91 Å². The van der Waals surface area contributed by atoms with Gasteiger partial charge in [-0.1, -0.05) is 18.6 Å². The third-order valence-corrected chi connectivity index (χ3v) is 6.03. The molecular formula is C24H29N5O2. The molecule has 0 bridgehead atoms. The first-order chi connectivity index (χ1) is 14.8. The van der Waals surface area contributed by atoms with E-state index in [0.717, 1.165) is 59.8 Å². The van der Waals surface area contributed by atoms with Gasteiger partial charge in [-0.2, -0.15) is 0 Å². The van der Waals surface area contributed by atoms with E-state index in [1.165, 1.54) is 11.3 Å². The molecule has 4 rings (SSSR count). The van der Waals surface area contributed by atoms with Crippen molar-refractivity contribution in [2.24, 2.45) is 0 Å². The highest BCUT2D eigenvalue weighted by Gasteiger charge is 2.23. The summed E-state index contributed by atoms with van der Waals surface area (Å²) >= 11 is 0. The van der Waals surface area contributed by atoms with E-state index in [1.807, 2.05) is 39.0 Å². The summed E-state index contributed by atoms with van der Waals surface area (Å²) in [5.74, 6) is 0.544.